The normalized spacial score (nSPS) is 22.1. The molecule has 0 spiro atoms. The Kier molecular flexibility index (Phi) is 3.18. The van der Waals surface area contributed by atoms with Crippen LogP contribution in [0.4, 0.5) is 0 Å². The number of nitrogens with zero attached hydrogens (tertiary/aromatic N) is 1. The Morgan fingerprint density at radius 2 is 2.69 bits per heavy atom. The molecule has 3 nitrogen and oxygen atoms in total. The molecule has 13 heavy (non-hydrogen) atoms. The van der Waals surface area contributed by atoms with Crippen LogP contribution in [-0.2, 0) is 4.74 Å². The van der Waals surface area contributed by atoms with Crippen molar-refractivity contribution in [1.82, 2.24) is 4.98 Å². The zero-order chi connectivity index (χ0) is 9.10. The van der Waals surface area contributed by atoms with Gasteiger partial charge in [0.05, 0.1) is 13.2 Å². The highest BCUT2D eigenvalue weighted by molar-refractivity contribution is 9.10. The van der Waals surface area contributed by atoms with E-state index in [-0.39, 0.29) is 0 Å². The standard InChI is InChI=1S/C8H10BrNO2S/c9-7-5-13-8(10-7)12-4-6-1-2-11-3-6/h5-6H,1-4H2. The quantitative estimate of drug-likeness (QED) is 0.839. The van der Waals surface area contributed by atoms with Gasteiger partial charge in [-0.2, -0.15) is 4.98 Å². The van der Waals surface area contributed by atoms with Gasteiger partial charge in [-0.1, -0.05) is 11.3 Å². The van der Waals surface area contributed by atoms with Crippen molar-refractivity contribution >= 4 is 27.3 Å². The summed E-state index contributed by atoms with van der Waals surface area (Å²) in [6.07, 6.45) is 1.10. The first-order valence-electron chi connectivity index (χ1n) is 4.16. The molecule has 72 valence electrons. The number of thiazole rings is 1. The van der Waals surface area contributed by atoms with Crippen molar-refractivity contribution in [2.45, 2.75) is 6.42 Å². The second kappa shape index (κ2) is 4.39. The Bertz CT molecular complexity index is 273. The molecule has 1 atom stereocenters. The lowest BCUT2D eigenvalue weighted by Gasteiger charge is -2.06. The van der Waals surface area contributed by atoms with Gasteiger partial charge in [0.25, 0.3) is 5.19 Å². The SMILES string of the molecule is Brc1csc(OCC2CCOC2)n1. The van der Waals surface area contributed by atoms with Crippen LogP contribution in [0.3, 0.4) is 0 Å². The third kappa shape index (κ3) is 2.65. The van der Waals surface area contributed by atoms with Crippen molar-refractivity contribution in [1.29, 1.82) is 0 Å². The fourth-order valence-electron chi connectivity index (χ4n) is 1.21. The summed E-state index contributed by atoms with van der Waals surface area (Å²) in [7, 11) is 0. The second-order valence-electron chi connectivity index (χ2n) is 2.98. The van der Waals surface area contributed by atoms with Crippen LogP contribution in [0.1, 0.15) is 6.42 Å². The molecule has 2 heterocycles. The third-order valence-electron chi connectivity index (χ3n) is 1.92. The van der Waals surface area contributed by atoms with Crippen LogP contribution in [0.25, 0.3) is 0 Å². The van der Waals surface area contributed by atoms with E-state index in [2.05, 4.69) is 20.9 Å². The van der Waals surface area contributed by atoms with Gasteiger partial charge < -0.3 is 9.47 Å². The third-order valence-corrected chi connectivity index (χ3v) is 3.38. The molecule has 0 radical (unpaired) electrons. The summed E-state index contributed by atoms with van der Waals surface area (Å²) >= 11 is 4.79. The van der Waals surface area contributed by atoms with Crippen LogP contribution < -0.4 is 4.74 Å². The number of ether oxygens (including phenoxy) is 2. The monoisotopic (exact) mass is 263 g/mol. The maximum absolute atomic E-state index is 5.51. The van der Waals surface area contributed by atoms with Crippen LogP contribution in [0, 0.1) is 5.92 Å². The number of hydrogen-bond acceptors (Lipinski definition) is 4. The summed E-state index contributed by atoms with van der Waals surface area (Å²) < 4.78 is 11.6. The predicted molar refractivity (Wildman–Crippen MR) is 54.2 cm³/mol. The first-order valence-corrected chi connectivity index (χ1v) is 5.83. The number of rotatable bonds is 3. The van der Waals surface area contributed by atoms with Crippen LogP contribution >= 0.6 is 27.3 Å². The highest BCUT2D eigenvalue weighted by Gasteiger charge is 2.16. The summed E-state index contributed by atoms with van der Waals surface area (Å²) in [4.78, 5) is 4.14. The molecule has 1 fully saturated rings. The Labute approximate surface area is 89.2 Å². The fourth-order valence-corrected chi connectivity index (χ4v) is 2.31. The Hall–Kier alpha value is -0.130. The van der Waals surface area contributed by atoms with Crippen LogP contribution in [0.2, 0.25) is 0 Å². The average Bonchev–Trinajstić information content (AvgIpc) is 2.71. The molecule has 0 aromatic carbocycles. The Morgan fingerprint density at radius 1 is 1.77 bits per heavy atom. The van der Waals surface area contributed by atoms with Gasteiger partial charge in [0.15, 0.2) is 0 Å². The molecule has 1 aliphatic rings. The molecule has 2 rings (SSSR count). The Balaban J connectivity index is 1.78. The maximum Gasteiger partial charge on any atom is 0.274 e. The molecular formula is C8H10BrNO2S. The minimum absolute atomic E-state index is 0.544. The molecule has 0 aliphatic carbocycles. The molecule has 0 bridgehead atoms. The molecule has 1 aliphatic heterocycles. The zero-order valence-corrected chi connectivity index (χ0v) is 9.44. The predicted octanol–water partition coefficient (Wildman–Crippen LogP) is 2.32. The fraction of sp³-hybridized carbons (Fsp3) is 0.625. The van der Waals surface area contributed by atoms with E-state index in [1.165, 1.54) is 11.3 Å². The second-order valence-corrected chi connectivity index (χ2v) is 4.61. The van der Waals surface area contributed by atoms with E-state index >= 15 is 0 Å². The minimum Gasteiger partial charge on any atom is -0.470 e. The largest absolute Gasteiger partial charge is 0.470 e. The summed E-state index contributed by atoms with van der Waals surface area (Å²) in [6, 6.07) is 0. The summed E-state index contributed by atoms with van der Waals surface area (Å²) in [6.45, 7) is 2.42. The average molecular weight is 264 g/mol. The van der Waals surface area contributed by atoms with Crippen molar-refractivity contribution in [2.24, 2.45) is 5.92 Å². The van der Waals surface area contributed by atoms with Gasteiger partial charge in [-0.15, -0.1) is 0 Å². The van der Waals surface area contributed by atoms with E-state index in [4.69, 9.17) is 9.47 Å². The van der Waals surface area contributed by atoms with E-state index in [1.807, 2.05) is 5.38 Å². The van der Waals surface area contributed by atoms with Crippen LogP contribution in [-0.4, -0.2) is 24.8 Å². The van der Waals surface area contributed by atoms with Crippen molar-refractivity contribution in [3.8, 4) is 5.19 Å². The molecular weight excluding hydrogens is 254 g/mol. The number of halogens is 1. The molecule has 1 aromatic heterocycles. The maximum atomic E-state index is 5.51. The van der Waals surface area contributed by atoms with Gasteiger partial charge in [-0.3, -0.25) is 0 Å². The molecule has 1 saturated heterocycles. The van der Waals surface area contributed by atoms with E-state index < -0.39 is 0 Å². The molecule has 5 heteroatoms. The topological polar surface area (TPSA) is 31.4 Å². The summed E-state index contributed by atoms with van der Waals surface area (Å²) in [5, 5.41) is 2.65. The summed E-state index contributed by atoms with van der Waals surface area (Å²) in [5.74, 6) is 0.544. The van der Waals surface area contributed by atoms with E-state index in [0.717, 1.165) is 36.0 Å². The van der Waals surface area contributed by atoms with Gasteiger partial charge in [-0.05, 0) is 22.4 Å². The van der Waals surface area contributed by atoms with E-state index in [1.54, 1.807) is 0 Å². The van der Waals surface area contributed by atoms with Crippen molar-refractivity contribution in [3.05, 3.63) is 9.98 Å². The van der Waals surface area contributed by atoms with Gasteiger partial charge in [0.2, 0.25) is 0 Å². The first-order chi connectivity index (χ1) is 6.34. The number of hydrogen-bond donors (Lipinski definition) is 0. The lowest BCUT2D eigenvalue weighted by atomic mass is 10.1. The molecule has 0 amide bonds. The number of aromatic nitrogens is 1. The molecule has 0 N–H and O–H groups in total. The van der Waals surface area contributed by atoms with E-state index in [9.17, 15) is 0 Å². The van der Waals surface area contributed by atoms with Crippen LogP contribution in [0.5, 0.6) is 5.19 Å². The van der Waals surface area contributed by atoms with Crippen LogP contribution in [0.15, 0.2) is 9.98 Å². The molecule has 1 unspecified atom stereocenters. The van der Waals surface area contributed by atoms with Crippen molar-refractivity contribution in [3.63, 3.8) is 0 Å². The van der Waals surface area contributed by atoms with Gasteiger partial charge in [0.1, 0.15) is 4.60 Å². The van der Waals surface area contributed by atoms with Gasteiger partial charge >= 0.3 is 0 Å². The smallest absolute Gasteiger partial charge is 0.274 e. The van der Waals surface area contributed by atoms with Crippen molar-refractivity contribution < 1.29 is 9.47 Å². The van der Waals surface area contributed by atoms with Gasteiger partial charge in [0, 0.05) is 17.9 Å². The minimum atomic E-state index is 0.544. The molecule has 0 saturated carbocycles. The highest BCUT2D eigenvalue weighted by atomic mass is 79.9. The van der Waals surface area contributed by atoms with E-state index in [0.29, 0.717) is 5.92 Å². The van der Waals surface area contributed by atoms with Gasteiger partial charge in [-0.25, -0.2) is 0 Å². The Morgan fingerprint density at radius 3 is 3.31 bits per heavy atom. The molecule has 1 aromatic rings. The summed E-state index contributed by atoms with van der Waals surface area (Å²) in [5.41, 5.74) is 0. The highest BCUT2D eigenvalue weighted by Crippen LogP contribution is 2.23. The van der Waals surface area contributed by atoms with Crippen molar-refractivity contribution in [2.75, 3.05) is 19.8 Å². The first kappa shape index (κ1) is 9.43. The lowest BCUT2D eigenvalue weighted by molar-refractivity contribution is 0.167. The zero-order valence-electron chi connectivity index (χ0n) is 7.03. The lowest BCUT2D eigenvalue weighted by Crippen LogP contribution is -2.11.